The van der Waals surface area contributed by atoms with Crippen molar-refractivity contribution in [2.45, 2.75) is 19.9 Å². The highest BCUT2D eigenvalue weighted by molar-refractivity contribution is 9.10. The molecule has 1 atom stereocenters. The van der Waals surface area contributed by atoms with Crippen molar-refractivity contribution < 1.29 is 4.79 Å². The summed E-state index contributed by atoms with van der Waals surface area (Å²) in [5.74, 6) is -0.180. The van der Waals surface area contributed by atoms with Gasteiger partial charge in [0.25, 0.3) is 5.91 Å². The van der Waals surface area contributed by atoms with Crippen molar-refractivity contribution in [1.82, 2.24) is 10.3 Å². The van der Waals surface area contributed by atoms with Crippen molar-refractivity contribution in [2.24, 2.45) is 0 Å². The zero-order valence-electron chi connectivity index (χ0n) is 10.9. The minimum absolute atomic E-state index is 0.0537. The van der Waals surface area contributed by atoms with Crippen LogP contribution in [-0.2, 0) is 0 Å². The third-order valence-electron chi connectivity index (χ3n) is 2.90. The molecule has 0 radical (unpaired) electrons. The summed E-state index contributed by atoms with van der Waals surface area (Å²) < 4.78 is 0.698. The fourth-order valence-corrected chi connectivity index (χ4v) is 2.19. The number of rotatable bonds is 3. The van der Waals surface area contributed by atoms with E-state index in [1.54, 1.807) is 18.3 Å². The number of amides is 1. The second kappa shape index (κ2) is 5.97. The zero-order chi connectivity index (χ0) is 13.8. The van der Waals surface area contributed by atoms with Crippen molar-refractivity contribution >= 4 is 21.8 Å². The Labute approximate surface area is 121 Å². The summed E-state index contributed by atoms with van der Waals surface area (Å²) in [7, 11) is 0. The predicted octanol–water partition coefficient (Wildman–Crippen LogP) is 3.64. The lowest BCUT2D eigenvalue weighted by molar-refractivity contribution is 0.0934. The number of halogens is 1. The fourth-order valence-electron chi connectivity index (χ4n) is 1.76. The Morgan fingerprint density at radius 2 is 1.95 bits per heavy atom. The van der Waals surface area contributed by atoms with Gasteiger partial charge in [0.1, 0.15) is 5.69 Å². The second-order valence-corrected chi connectivity index (χ2v) is 5.29. The largest absolute Gasteiger partial charge is 0.344 e. The summed E-state index contributed by atoms with van der Waals surface area (Å²) >= 11 is 3.33. The maximum atomic E-state index is 12.1. The van der Waals surface area contributed by atoms with Crippen LogP contribution in [0.3, 0.4) is 0 Å². The average molecular weight is 319 g/mol. The highest BCUT2D eigenvalue weighted by Crippen LogP contribution is 2.16. The number of carbonyl (C=O) groups is 1. The van der Waals surface area contributed by atoms with Crippen LogP contribution in [-0.4, -0.2) is 10.9 Å². The number of hydrogen-bond acceptors (Lipinski definition) is 2. The third kappa shape index (κ3) is 3.41. The van der Waals surface area contributed by atoms with Gasteiger partial charge in [0, 0.05) is 10.7 Å². The smallest absolute Gasteiger partial charge is 0.271 e. The Morgan fingerprint density at radius 3 is 2.58 bits per heavy atom. The highest BCUT2D eigenvalue weighted by Gasteiger charge is 2.14. The van der Waals surface area contributed by atoms with E-state index in [0.717, 1.165) is 5.56 Å². The quantitative estimate of drug-likeness (QED) is 0.938. The van der Waals surface area contributed by atoms with E-state index in [9.17, 15) is 4.79 Å². The number of hydrogen-bond donors (Lipinski definition) is 1. The van der Waals surface area contributed by atoms with Gasteiger partial charge in [0.15, 0.2) is 0 Å². The maximum Gasteiger partial charge on any atom is 0.271 e. The molecule has 4 heteroatoms. The van der Waals surface area contributed by atoms with Crippen molar-refractivity contribution in [2.75, 3.05) is 0 Å². The molecular weight excluding hydrogens is 304 g/mol. The Hall–Kier alpha value is -1.68. The maximum absolute atomic E-state index is 12.1. The van der Waals surface area contributed by atoms with E-state index in [1.165, 1.54) is 5.56 Å². The first-order valence-corrected chi connectivity index (χ1v) is 6.85. The minimum atomic E-state index is -0.180. The topological polar surface area (TPSA) is 42.0 Å². The molecule has 0 aliphatic rings. The first kappa shape index (κ1) is 13.7. The number of aromatic nitrogens is 1. The van der Waals surface area contributed by atoms with Crippen LogP contribution >= 0.6 is 15.9 Å². The van der Waals surface area contributed by atoms with Crippen molar-refractivity contribution in [3.05, 3.63) is 63.9 Å². The summed E-state index contributed by atoms with van der Waals surface area (Å²) in [6, 6.07) is 11.6. The van der Waals surface area contributed by atoms with Crippen LogP contribution in [0.25, 0.3) is 0 Å². The lowest BCUT2D eigenvalue weighted by Crippen LogP contribution is -2.27. The van der Waals surface area contributed by atoms with E-state index in [0.29, 0.717) is 10.2 Å². The molecule has 1 unspecified atom stereocenters. The van der Waals surface area contributed by atoms with Gasteiger partial charge in [-0.15, -0.1) is 0 Å². The van der Waals surface area contributed by atoms with Gasteiger partial charge in [-0.05, 0) is 47.5 Å². The van der Waals surface area contributed by atoms with Crippen LogP contribution in [0.15, 0.2) is 47.1 Å². The molecule has 1 aromatic carbocycles. The molecule has 19 heavy (non-hydrogen) atoms. The average Bonchev–Trinajstić information content (AvgIpc) is 2.39. The van der Waals surface area contributed by atoms with Gasteiger partial charge >= 0.3 is 0 Å². The van der Waals surface area contributed by atoms with Gasteiger partial charge in [-0.2, -0.15) is 0 Å². The zero-order valence-corrected chi connectivity index (χ0v) is 12.4. The van der Waals surface area contributed by atoms with E-state index in [1.807, 2.05) is 38.1 Å². The number of benzene rings is 1. The van der Waals surface area contributed by atoms with E-state index in [-0.39, 0.29) is 11.9 Å². The van der Waals surface area contributed by atoms with Crippen molar-refractivity contribution in [3.8, 4) is 0 Å². The van der Waals surface area contributed by atoms with E-state index < -0.39 is 0 Å². The van der Waals surface area contributed by atoms with Gasteiger partial charge in [0.05, 0.1) is 6.04 Å². The van der Waals surface area contributed by atoms with E-state index in [4.69, 9.17) is 0 Å². The molecule has 1 heterocycles. The molecule has 2 rings (SSSR count). The Balaban J connectivity index is 2.11. The molecule has 98 valence electrons. The molecule has 0 saturated carbocycles. The monoisotopic (exact) mass is 318 g/mol. The summed E-state index contributed by atoms with van der Waals surface area (Å²) in [6.07, 6.45) is 1.61. The molecule has 3 nitrogen and oxygen atoms in total. The Bertz CT molecular complexity index is 581. The third-order valence-corrected chi connectivity index (χ3v) is 3.54. The first-order chi connectivity index (χ1) is 9.08. The number of aryl methyl sites for hydroxylation is 1. The molecule has 1 amide bonds. The fraction of sp³-hybridized carbons (Fsp3) is 0.200. The second-order valence-electron chi connectivity index (χ2n) is 4.44. The van der Waals surface area contributed by atoms with Gasteiger partial charge in [-0.25, -0.2) is 4.98 Å². The van der Waals surface area contributed by atoms with E-state index in [2.05, 4.69) is 26.2 Å². The molecular formula is C15H15BrN2O. The van der Waals surface area contributed by atoms with Crippen LogP contribution in [0, 0.1) is 6.92 Å². The normalized spacial score (nSPS) is 11.9. The van der Waals surface area contributed by atoms with Crippen molar-refractivity contribution in [3.63, 3.8) is 0 Å². The molecule has 0 aliphatic carbocycles. The molecule has 2 aromatic rings. The SMILES string of the molecule is Cc1ccc(C(C)NC(=O)c2ncccc2Br)cc1. The highest BCUT2D eigenvalue weighted by atomic mass is 79.9. The lowest BCUT2D eigenvalue weighted by atomic mass is 10.1. The molecule has 0 spiro atoms. The summed E-state index contributed by atoms with van der Waals surface area (Å²) in [5, 5.41) is 2.94. The standard InChI is InChI=1S/C15H15BrN2O/c1-10-5-7-12(8-6-10)11(2)18-15(19)14-13(16)4-3-9-17-14/h3-9,11H,1-2H3,(H,18,19). The summed E-state index contributed by atoms with van der Waals surface area (Å²) in [6.45, 7) is 4.00. The van der Waals surface area contributed by atoms with Crippen LogP contribution in [0.2, 0.25) is 0 Å². The molecule has 0 aliphatic heterocycles. The number of nitrogens with one attached hydrogen (secondary N) is 1. The summed E-state index contributed by atoms with van der Waals surface area (Å²) in [4.78, 5) is 16.2. The molecule has 0 bridgehead atoms. The van der Waals surface area contributed by atoms with E-state index >= 15 is 0 Å². The minimum Gasteiger partial charge on any atom is -0.344 e. The molecule has 0 fully saturated rings. The van der Waals surface area contributed by atoms with Crippen molar-refractivity contribution in [1.29, 1.82) is 0 Å². The number of pyridine rings is 1. The van der Waals surface area contributed by atoms with Gasteiger partial charge < -0.3 is 5.32 Å². The molecule has 1 N–H and O–H groups in total. The Morgan fingerprint density at radius 1 is 1.26 bits per heavy atom. The van der Waals surface area contributed by atoms with Crippen LogP contribution in [0.5, 0.6) is 0 Å². The van der Waals surface area contributed by atoms with Gasteiger partial charge in [-0.1, -0.05) is 29.8 Å². The first-order valence-electron chi connectivity index (χ1n) is 6.06. The predicted molar refractivity (Wildman–Crippen MR) is 79.0 cm³/mol. The Kier molecular flexibility index (Phi) is 4.32. The summed E-state index contributed by atoms with van der Waals surface area (Å²) in [5.41, 5.74) is 2.68. The molecule has 1 aromatic heterocycles. The molecule has 0 saturated heterocycles. The lowest BCUT2D eigenvalue weighted by Gasteiger charge is -2.14. The number of carbonyl (C=O) groups excluding carboxylic acids is 1. The van der Waals surface area contributed by atoms with Gasteiger partial charge in [0.2, 0.25) is 0 Å². The van der Waals surface area contributed by atoms with Crippen LogP contribution < -0.4 is 5.32 Å². The van der Waals surface area contributed by atoms with Gasteiger partial charge in [-0.3, -0.25) is 4.79 Å². The number of nitrogens with zero attached hydrogens (tertiary/aromatic N) is 1. The van der Waals surface area contributed by atoms with Crippen LogP contribution in [0.4, 0.5) is 0 Å². The van der Waals surface area contributed by atoms with Crippen LogP contribution in [0.1, 0.15) is 34.6 Å².